The molecule has 0 bridgehead atoms. The summed E-state index contributed by atoms with van der Waals surface area (Å²) in [7, 11) is 0. The molecule has 0 fully saturated rings. The van der Waals surface area contributed by atoms with Crippen molar-refractivity contribution in [1.29, 1.82) is 0 Å². The molecule has 0 unspecified atom stereocenters. The van der Waals surface area contributed by atoms with Crippen LogP contribution in [0.5, 0.6) is 17.2 Å². The van der Waals surface area contributed by atoms with Gasteiger partial charge in [-0.25, -0.2) is 0 Å². The molecule has 2 aromatic rings. The number of hydrogen-bond donors (Lipinski definition) is 3. The Balaban J connectivity index is 2.68. The number of hydrogen-bond acceptors (Lipinski definition) is 3. The first kappa shape index (κ1) is 11.3. The van der Waals surface area contributed by atoms with Gasteiger partial charge in [0.15, 0.2) is 0 Å². The Morgan fingerprint density at radius 3 is 2.00 bits per heavy atom. The average Bonchev–Trinajstić information content (AvgIpc) is 2.27. The lowest BCUT2D eigenvalue weighted by atomic mass is 9.98. The van der Waals surface area contributed by atoms with Crippen LogP contribution in [0.3, 0.4) is 0 Å². The van der Waals surface area contributed by atoms with Gasteiger partial charge < -0.3 is 15.3 Å². The molecule has 3 heteroatoms. The van der Waals surface area contributed by atoms with Crippen molar-refractivity contribution in [3.8, 4) is 28.4 Å². The summed E-state index contributed by atoms with van der Waals surface area (Å²) in [5.41, 5.74) is 2.93. The van der Waals surface area contributed by atoms with Gasteiger partial charge in [-0.1, -0.05) is 0 Å². The molecule has 0 amide bonds. The Bertz CT molecular complexity index is 574. The summed E-state index contributed by atoms with van der Waals surface area (Å²) in [4.78, 5) is 0. The SMILES string of the molecule is Cc1cc(O)c(-c2cc(O)ccc2O)cc1C. The Kier molecular flexibility index (Phi) is 2.68. The van der Waals surface area contributed by atoms with Crippen LogP contribution >= 0.6 is 0 Å². The number of aromatic hydroxyl groups is 3. The molecule has 3 N–H and O–H groups in total. The normalized spacial score (nSPS) is 10.5. The fourth-order valence-electron chi connectivity index (χ4n) is 1.76. The Morgan fingerprint density at radius 2 is 1.29 bits per heavy atom. The van der Waals surface area contributed by atoms with E-state index in [1.54, 1.807) is 12.1 Å². The maximum absolute atomic E-state index is 9.89. The maximum Gasteiger partial charge on any atom is 0.123 e. The number of aryl methyl sites for hydroxylation is 2. The van der Waals surface area contributed by atoms with E-state index in [2.05, 4.69) is 0 Å². The number of benzene rings is 2. The van der Waals surface area contributed by atoms with Crippen molar-refractivity contribution in [2.24, 2.45) is 0 Å². The first-order valence-corrected chi connectivity index (χ1v) is 5.31. The van der Waals surface area contributed by atoms with Gasteiger partial charge in [-0.3, -0.25) is 0 Å². The van der Waals surface area contributed by atoms with E-state index in [-0.39, 0.29) is 17.2 Å². The standard InChI is InChI=1S/C14H14O3/c1-8-5-11(14(17)6-9(8)2)12-7-10(15)3-4-13(12)16/h3-7,15-17H,1-2H3. The van der Waals surface area contributed by atoms with E-state index in [9.17, 15) is 15.3 Å². The fraction of sp³-hybridized carbons (Fsp3) is 0.143. The highest BCUT2D eigenvalue weighted by Crippen LogP contribution is 2.38. The topological polar surface area (TPSA) is 60.7 Å². The molecule has 0 spiro atoms. The molecule has 0 aliphatic carbocycles. The Labute approximate surface area is 99.6 Å². The predicted molar refractivity (Wildman–Crippen MR) is 66.3 cm³/mol. The zero-order valence-corrected chi connectivity index (χ0v) is 9.73. The quantitative estimate of drug-likeness (QED) is 0.660. The lowest BCUT2D eigenvalue weighted by molar-refractivity contribution is 0.459. The molecule has 0 aromatic heterocycles. The minimum Gasteiger partial charge on any atom is -0.508 e. The molecule has 0 aliphatic rings. The number of rotatable bonds is 1. The van der Waals surface area contributed by atoms with Crippen molar-refractivity contribution < 1.29 is 15.3 Å². The molecule has 88 valence electrons. The number of phenols is 3. The lowest BCUT2D eigenvalue weighted by Gasteiger charge is -2.10. The summed E-state index contributed by atoms with van der Waals surface area (Å²) < 4.78 is 0. The van der Waals surface area contributed by atoms with E-state index < -0.39 is 0 Å². The van der Waals surface area contributed by atoms with Crippen LogP contribution in [0.4, 0.5) is 0 Å². The maximum atomic E-state index is 9.89. The minimum absolute atomic E-state index is 0.0290. The highest BCUT2D eigenvalue weighted by atomic mass is 16.3. The molecule has 0 radical (unpaired) electrons. The zero-order valence-electron chi connectivity index (χ0n) is 9.73. The average molecular weight is 230 g/mol. The highest BCUT2D eigenvalue weighted by Gasteiger charge is 2.11. The van der Waals surface area contributed by atoms with Gasteiger partial charge >= 0.3 is 0 Å². The summed E-state index contributed by atoms with van der Waals surface area (Å²) in [6.45, 7) is 3.83. The van der Waals surface area contributed by atoms with Crippen molar-refractivity contribution in [3.05, 3.63) is 41.5 Å². The van der Waals surface area contributed by atoms with Gasteiger partial charge in [-0.05, 0) is 55.3 Å². The largest absolute Gasteiger partial charge is 0.508 e. The molecule has 3 nitrogen and oxygen atoms in total. The number of phenolic OH excluding ortho intramolecular Hbond substituents is 3. The van der Waals surface area contributed by atoms with E-state index in [1.807, 2.05) is 13.8 Å². The molecule has 2 rings (SSSR count). The van der Waals surface area contributed by atoms with Crippen LogP contribution in [0.2, 0.25) is 0 Å². The first-order valence-electron chi connectivity index (χ1n) is 5.31. The molecule has 0 atom stereocenters. The smallest absolute Gasteiger partial charge is 0.123 e. The molecule has 2 aromatic carbocycles. The van der Waals surface area contributed by atoms with Gasteiger partial charge in [0.2, 0.25) is 0 Å². The van der Waals surface area contributed by atoms with Crippen LogP contribution in [0.1, 0.15) is 11.1 Å². The van der Waals surface area contributed by atoms with Gasteiger partial charge in [0, 0.05) is 11.1 Å². The second-order valence-corrected chi connectivity index (χ2v) is 4.16. The fourth-order valence-corrected chi connectivity index (χ4v) is 1.76. The van der Waals surface area contributed by atoms with Crippen molar-refractivity contribution in [3.63, 3.8) is 0 Å². The van der Waals surface area contributed by atoms with Crippen molar-refractivity contribution in [2.75, 3.05) is 0 Å². The van der Waals surface area contributed by atoms with Gasteiger partial charge in [0.1, 0.15) is 17.2 Å². The second kappa shape index (κ2) is 4.01. The van der Waals surface area contributed by atoms with Crippen LogP contribution in [-0.4, -0.2) is 15.3 Å². The third kappa shape index (κ3) is 2.04. The summed E-state index contributed by atoms with van der Waals surface area (Å²) in [6, 6.07) is 7.67. The van der Waals surface area contributed by atoms with E-state index in [0.717, 1.165) is 11.1 Å². The van der Waals surface area contributed by atoms with Crippen molar-refractivity contribution >= 4 is 0 Å². The monoisotopic (exact) mass is 230 g/mol. The van der Waals surface area contributed by atoms with E-state index in [0.29, 0.717) is 11.1 Å². The second-order valence-electron chi connectivity index (χ2n) is 4.16. The zero-order chi connectivity index (χ0) is 12.6. The van der Waals surface area contributed by atoms with E-state index >= 15 is 0 Å². The van der Waals surface area contributed by atoms with Crippen molar-refractivity contribution in [2.45, 2.75) is 13.8 Å². The molecular weight excluding hydrogens is 216 g/mol. The molecule has 0 aliphatic heterocycles. The minimum atomic E-state index is 0.0290. The van der Waals surface area contributed by atoms with Crippen LogP contribution in [0.25, 0.3) is 11.1 Å². The molecule has 0 saturated heterocycles. The molecule has 17 heavy (non-hydrogen) atoms. The Morgan fingerprint density at radius 1 is 0.706 bits per heavy atom. The van der Waals surface area contributed by atoms with Crippen LogP contribution in [-0.2, 0) is 0 Å². The Hall–Kier alpha value is -2.16. The summed E-state index contributed by atoms with van der Waals surface area (Å²) in [6.07, 6.45) is 0. The van der Waals surface area contributed by atoms with Crippen LogP contribution in [0.15, 0.2) is 30.3 Å². The van der Waals surface area contributed by atoms with E-state index in [4.69, 9.17) is 0 Å². The molecule has 0 heterocycles. The highest BCUT2D eigenvalue weighted by molar-refractivity contribution is 5.77. The summed E-state index contributed by atoms with van der Waals surface area (Å²) >= 11 is 0. The molecular formula is C14H14O3. The van der Waals surface area contributed by atoms with Gasteiger partial charge in [0.05, 0.1) is 0 Å². The van der Waals surface area contributed by atoms with Crippen molar-refractivity contribution in [1.82, 2.24) is 0 Å². The third-order valence-electron chi connectivity index (χ3n) is 2.88. The van der Waals surface area contributed by atoms with Crippen LogP contribution in [0, 0.1) is 13.8 Å². The van der Waals surface area contributed by atoms with Gasteiger partial charge in [-0.2, -0.15) is 0 Å². The van der Waals surface area contributed by atoms with E-state index in [1.165, 1.54) is 18.2 Å². The van der Waals surface area contributed by atoms with Gasteiger partial charge in [-0.15, -0.1) is 0 Å². The van der Waals surface area contributed by atoms with Gasteiger partial charge in [0.25, 0.3) is 0 Å². The first-order chi connectivity index (χ1) is 7.99. The third-order valence-corrected chi connectivity index (χ3v) is 2.88. The molecule has 0 saturated carbocycles. The van der Waals surface area contributed by atoms with Crippen LogP contribution < -0.4 is 0 Å². The summed E-state index contributed by atoms with van der Waals surface area (Å²) in [5.74, 6) is 0.172. The summed E-state index contributed by atoms with van der Waals surface area (Å²) in [5, 5.41) is 29.1. The predicted octanol–water partition coefficient (Wildman–Crippen LogP) is 3.09. The lowest BCUT2D eigenvalue weighted by Crippen LogP contribution is -1.86.